The number of nitrogens with zero attached hydrogens (tertiary/aromatic N) is 3. The molecule has 0 spiro atoms. The van der Waals surface area contributed by atoms with Crippen LogP contribution in [0.3, 0.4) is 0 Å². The monoisotopic (exact) mass is 212 g/mol. The maximum Gasteiger partial charge on any atom is 0.345 e. The number of rotatable bonds is 6. The minimum atomic E-state index is -0.0354. The Hall–Kier alpha value is -1.10. The van der Waals surface area contributed by atoms with Crippen LogP contribution in [-0.4, -0.2) is 26.9 Å². The van der Waals surface area contributed by atoms with Gasteiger partial charge in [0.2, 0.25) is 0 Å². The molecule has 0 aliphatic heterocycles. The molecule has 5 heteroatoms. The maximum atomic E-state index is 11.4. The predicted octanol–water partition coefficient (Wildman–Crippen LogP) is 0.360. The molecular formula is C10H20N4O. The SMILES string of the molecule is CC(C)NCCCCn1ncn(C)c1=O. The minimum absolute atomic E-state index is 0.0354. The second kappa shape index (κ2) is 5.70. The Bertz CT molecular complexity index is 339. The fourth-order valence-electron chi connectivity index (χ4n) is 1.35. The van der Waals surface area contributed by atoms with Gasteiger partial charge in [-0.1, -0.05) is 13.8 Å². The second-order valence-electron chi connectivity index (χ2n) is 4.06. The van der Waals surface area contributed by atoms with Crippen molar-refractivity contribution in [2.24, 2.45) is 7.05 Å². The molecule has 1 aromatic rings. The van der Waals surface area contributed by atoms with Crippen LogP contribution in [0.2, 0.25) is 0 Å². The third-order valence-corrected chi connectivity index (χ3v) is 2.24. The molecule has 0 bridgehead atoms. The first-order valence-corrected chi connectivity index (χ1v) is 5.43. The molecule has 1 aromatic heterocycles. The van der Waals surface area contributed by atoms with Crippen LogP contribution in [0.1, 0.15) is 26.7 Å². The van der Waals surface area contributed by atoms with Crippen LogP contribution < -0.4 is 11.0 Å². The molecule has 0 aromatic carbocycles. The lowest BCUT2D eigenvalue weighted by Crippen LogP contribution is -2.25. The molecule has 0 saturated heterocycles. The van der Waals surface area contributed by atoms with E-state index in [1.165, 1.54) is 9.25 Å². The van der Waals surface area contributed by atoms with Gasteiger partial charge in [0.05, 0.1) is 0 Å². The molecule has 0 fully saturated rings. The lowest BCUT2D eigenvalue weighted by molar-refractivity contribution is 0.502. The molecule has 5 nitrogen and oxygen atoms in total. The van der Waals surface area contributed by atoms with E-state index in [2.05, 4.69) is 24.3 Å². The van der Waals surface area contributed by atoms with Crippen molar-refractivity contribution in [3.05, 3.63) is 16.8 Å². The highest BCUT2D eigenvalue weighted by Gasteiger charge is 2.00. The quantitative estimate of drug-likeness (QED) is 0.693. The van der Waals surface area contributed by atoms with Crippen molar-refractivity contribution >= 4 is 0 Å². The first-order chi connectivity index (χ1) is 7.11. The molecular weight excluding hydrogens is 192 g/mol. The van der Waals surface area contributed by atoms with Crippen LogP contribution in [0.5, 0.6) is 0 Å². The maximum absolute atomic E-state index is 11.4. The predicted molar refractivity (Wildman–Crippen MR) is 59.8 cm³/mol. The summed E-state index contributed by atoms with van der Waals surface area (Å²) in [5.41, 5.74) is -0.0354. The van der Waals surface area contributed by atoms with Crippen molar-refractivity contribution in [2.75, 3.05) is 6.54 Å². The van der Waals surface area contributed by atoms with E-state index in [1.54, 1.807) is 13.4 Å². The molecule has 0 atom stereocenters. The summed E-state index contributed by atoms with van der Waals surface area (Å²) in [6, 6.07) is 0.530. The van der Waals surface area contributed by atoms with Gasteiger partial charge in [-0.05, 0) is 19.4 Å². The number of unbranched alkanes of at least 4 members (excludes halogenated alkanes) is 1. The van der Waals surface area contributed by atoms with Crippen molar-refractivity contribution < 1.29 is 0 Å². The fourth-order valence-corrected chi connectivity index (χ4v) is 1.35. The summed E-state index contributed by atoms with van der Waals surface area (Å²) in [6.45, 7) is 5.96. The molecule has 0 aliphatic carbocycles. The first-order valence-electron chi connectivity index (χ1n) is 5.43. The molecule has 86 valence electrons. The van der Waals surface area contributed by atoms with Gasteiger partial charge in [-0.25, -0.2) is 9.48 Å². The molecule has 1 heterocycles. The number of nitrogens with one attached hydrogen (secondary N) is 1. The molecule has 0 amide bonds. The van der Waals surface area contributed by atoms with Gasteiger partial charge in [0.25, 0.3) is 0 Å². The Morgan fingerprint density at radius 1 is 1.47 bits per heavy atom. The van der Waals surface area contributed by atoms with E-state index in [0.29, 0.717) is 12.6 Å². The number of aromatic nitrogens is 3. The molecule has 1 N–H and O–H groups in total. The third kappa shape index (κ3) is 3.87. The molecule has 0 aliphatic rings. The summed E-state index contributed by atoms with van der Waals surface area (Å²) < 4.78 is 3.00. The van der Waals surface area contributed by atoms with E-state index in [9.17, 15) is 4.79 Å². The lowest BCUT2D eigenvalue weighted by atomic mass is 10.3. The van der Waals surface area contributed by atoms with Crippen LogP contribution >= 0.6 is 0 Å². The summed E-state index contributed by atoms with van der Waals surface area (Å²) in [6.07, 6.45) is 3.60. The highest BCUT2D eigenvalue weighted by molar-refractivity contribution is 4.65. The Labute approximate surface area is 90.1 Å². The van der Waals surface area contributed by atoms with E-state index in [4.69, 9.17) is 0 Å². The van der Waals surface area contributed by atoms with Crippen molar-refractivity contribution in [3.63, 3.8) is 0 Å². The van der Waals surface area contributed by atoms with E-state index in [-0.39, 0.29) is 5.69 Å². The van der Waals surface area contributed by atoms with Gasteiger partial charge in [0, 0.05) is 19.6 Å². The fraction of sp³-hybridized carbons (Fsp3) is 0.800. The Morgan fingerprint density at radius 2 is 2.20 bits per heavy atom. The largest absolute Gasteiger partial charge is 0.345 e. The van der Waals surface area contributed by atoms with Crippen molar-refractivity contribution in [1.82, 2.24) is 19.7 Å². The van der Waals surface area contributed by atoms with E-state index in [1.807, 2.05) is 0 Å². The second-order valence-corrected chi connectivity index (χ2v) is 4.06. The van der Waals surface area contributed by atoms with Crippen LogP contribution in [0.15, 0.2) is 11.1 Å². The average molecular weight is 212 g/mol. The van der Waals surface area contributed by atoms with Crippen LogP contribution in [0.25, 0.3) is 0 Å². The normalized spacial score (nSPS) is 11.2. The van der Waals surface area contributed by atoms with Crippen molar-refractivity contribution in [1.29, 1.82) is 0 Å². The van der Waals surface area contributed by atoms with Crippen LogP contribution in [-0.2, 0) is 13.6 Å². The van der Waals surface area contributed by atoms with E-state index in [0.717, 1.165) is 19.4 Å². The Morgan fingerprint density at radius 3 is 2.73 bits per heavy atom. The van der Waals surface area contributed by atoms with Crippen LogP contribution in [0.4, 0.5) is 0 Å². The van der Waals surface area contributed by atoms with Gasteiger partial charge >= 0.3 is 5.69 Å². The molecule has 15 heavy (non-hydrogen) atoms. The van der Waals surface area contributed by atoms with Gasteiger partial charge in [-0.2, -0.15) is 5.10 Å². The molecule has 0 unspecified atom stereocenters. The zero-order valence-corrected chi connectivity index (χ0v) is 9.73. The van der Waals surface area contributed by atoms with Gasteiger partial charge in [0.1, 0.15) is 6.33 Å². The summed E-state index contributed by atoms with van der Waals surface area (Å²) in [5, 5.41) is 7.33. The van der Waals surface area contributed by atoms with Crippen molar-refractivity contribution in [2.45, 2.75) is 39.3 Å². The van der Waals surface area contributed by atoms with E-state index >= 15 is 0 Å². The smallest absolute Gasteiger partial charge is 0.315 e. The zero-order valence-electron chi connectivity index (χ0n) is 9.73. The van der Waals surface area contributed by atoms with Crippen LogP contribution in [0, 0.1) is 0 Å². The average Bonchev–Trinajstić information content (AvgIpc) is 2.48. The van der Waals surface area contributed by atoms with E-state index < -0.39 is 0 Å². The first kappa shape index (κ1) is 12.0. The van der Waals surface area contributed by atoms with Gasteiger partial charge in [-0.3, -0.25) is 4.57 Å². The summed E-state index contributed by atoms with van der Waals surface area (Å²) >= 11 is 0. The Kier molecular flexibility index (Phi) is 4.55. The highest BCUT2D eigenvalue weighted by atomic mass is 16.2. The molecule has 0 saturated carbocycles. The standard InChI is InChI=1S/C10H20N4O/c1-9(2)11-6-4-5-7-14-10(15)13(3)8-12-14/h8-9,11H,4-7H2,1-3H3. The third-order valence-electron chi connectivity index (χ3n) is 2.24. The number of aryl methyl sites for hydroxylation is 2. The summed E-state index contributed by atoms with van der Waals surface area (Å²) in [7, 11) is 1.71. The zero-order chi connectivity index (χ0) is 11.3. The van der Waals surface area contributed by atoms with Crippen molar-refractivity contribution in [3.8, 4) is 0 Å². The van der Waals surface area contributed by atoms with Gasteiger partial charge in [0.15, 0.2) is 0 Å². The molecule has 1 rings (SSSR count). The number of hydrogen-bond acceptors (Lipinski definition) is 3. The summed E-state index contributed by atoms with van der Waals surface area (Å²) in [5.74, 6) is 0. The minimum Gasteiger partial charge on any atom is -0.315 e. The van der Waals surface area contributed by atoms with Gasteiger partial charge < -0.3 is 5.32 Å². The molecule has 0 radical (unpaired) electrons. The topological polar surface area (TPSA) is 51.9 Å². The highest BCUT2D eigenvalue weighted by Crippen LogP contribution is 1.90. The number of hydrogen-bond donors (Lipinski definition) is 1. The Balaban J connectivity index is 2.21. The summed E-state index contributed by atoms with van der Waals surface area (Å²) in [4.78, 5) is 11.4. The lowest BCUT2D eigenvalue weighted by Gasteiger charge is -2.06. The van der Waals surface area contributed by atoms with Gasteiger partial charge in [-0.15, -0.1) is 0 Å².